The van der Waals surface area contributed by atoms with Gasteiger partial charge in [0.2, 0.25) is 0 Å². The number of nitrogens with zero attached hydrogens (tertiary/aromatic N) is 6. The van der Waals surface area contributed by atoms with E-state index in [1.165, 1.54) is 22.8 Å². The van der Waals surface area contributed by atoms with E-state index in [0.29, 0.717) is 110 Å². The quantitative estimate of drug-likeness (QED) is 0.148. The minimum absolute atomic E-state index is 0.000217. The zero-order valence-corrected chi connectivity index (χ0v) is 40.6. The molecule has 0 aliphatic rings. The van der Waals surface area contributed by atoms with Crippen molar-refractivity contribution in [2.45, 2.75) is 12.4 Å². The SMILES string of the molecule is N#Cc1cccc(-c2ccc3c(c2)c2cc(-c4cccc(C#N)c4)ccc2n3-c2cc(C(F)(F)F)c(-n3c4ccc(-c5cccc(C#N)c5)cc4c4cc(-c5cccc(C#N)c5)ccc43)cc2-c2cccc(C(F)(F)F)c2)c1. The summed E-state index contributed by atoms with van der Waals surface area (Å²) in [6.07, 6.45) is -9.86. The average Bonchev–Trinajstić information content (AvgIpc) is 4.18. The van der Waals surface area contributed by atoms with Crippen molar-refractivity contribution in [3.63, 3.8) is 0 Å². The van der Waals surface area contributed by atoms with E-state index < -0.39 is 23.5 Å². The van der Waals surface area contributed by atoms with Gasteiger partial charge in [-0.3, -0.25) is 0 Å². The van der Waals surface area contributed by atoms with Crippen LogP contribution in [0, 0.1) is 45.3 Å². The lowest BCUT2D eigenvalue weighted by molar-refractivity contribution is -0.138. The van der Waals surface area contributed by atoms with Gasteiger partial charge in [0.25, 0.3) is 0 Å². The Labute approximate surface area is 441 Å². The largest absolute Gasteiger partial charge is 0.418 e. The summed E-state index contributed by atoms with van der Waals surface area (Å²) < 4.78 is 96.9. The number of halogens is 6. The van der Waals surface area contributed by atoms with Crippen molar-refractivity contribution in [1.82, 2.24) is 9.13 Å². The molecule has 0 radical (unpaired) electrons. The van der Waals surface area contributed by atoms with E-state index >= 15 is 13.2 Å². The standard InChI is InChI=1S/C66H34F6N6/c67-65(68,69)52-15-5-14-51(28-52)53-33-64(78-61-22-18-49(45-12-3-8-41(26-45)37-75)31-56(61)57-32-50(19-23-62(57)78)46-13-4-9-42(27-46)38-76)58(66(70,71)72)34-63(53)77-59-20-16-47(43-10-1-6-39(24-43)35-73)29-54(59)55-30-48(17-21-60(55)77)44-11-2-7-40(25-44)36-74/h1-34H. The van der Waals surface area contributed by atoms with Gasteiger partial charge in [0.1, 0.15) is 0 Å². The number of benzene rings is 10. The highest BCUT2D eigenvalue weighted by molar-refractivity contribution is 6.14. The first-order chi connectivity index (χ1) is 37.7. The fourth-order valence-corrected chi connectivity index (χ4v) is 10.6. The highest BCUT2D eigenvalue weighted by Crippen LogP contribution is 2.47. The van der Waals surface area contributed by atoms with Gasteiger partial charge < -0.3 is 9.13 Å². The maximum atomic E-state index is 16.5. The van der Waals surface area contributed by atoms with Gasteiger partial charge >= 0.3 is 12.4 Å². The summed E-state index contributed by atoms with van der Waals surface area (Å²) in [6, 6.07) is 65.0. The van der Waals surface area contributed by atoms with E-state index in [0.717, 1.165) is 18.2 Å². The first-order valence-corrected chi connectivity index (χ1v) is 24.3. The number of aromatic nitrogens is 2. The van der Waals surface area contributed by atoms with Crippen molar-refractivity contribution >= 4 is 43.6 Å². The third kappa shape index (κ3) is 8.41. The Bertz CT molecular complexity index is 4430. The smallest absolute Gasteiger partial charge is 0.309 e. The molecule has 0 fully saturated rings. The topological polar surface area (TPSA) is 105 Å². The zero-order valence-electron chi connectivity index (χ0n) is 40.6. The summed E-state index contributed by atoms with van der Waals surface area (Å²) in [5, 5.41) is 41.4. The normalized spacial score (nSPS) is 11.7. The monoisotopic (exact) mass is 1020 g/mol. The molecule has 0 unspecified atom stereocenters. The molecule has 12 aromatic rings. The molecule has 12 heteroatoms. The summed E-state index contributed by atoms with van der Waals surface area (Å²) in [7, 11) is 0. The van der Waals surface area contributed by atoms with E-state index in [1.54, 1.807) is 126 Å². The minimum atomic E-state index is -5.05. The minimum Gasteiger partial charge on any atom is -0.309 e. The number of hydrogen-bond acceptors (Lipinski definition) is 4. The molecule has 6 nitrogen and oxygen atoms in total. The van der Waals surface area contributed by atoms with Gasteiger partial charge in [-0.15, -0.1) is 0 Å². The molecular formula is C66H34F6N6. The lowest BCUT2D eigenvalue weighted by Crippen LogP contribution is -2.13. The van der Waals surface area contributed by atoms with Crippen molar-refractivity contribution in [3.8, 4) is 91.3 Å². The fourth-order valence-electron chi connectivity index (χ4n) is 10.6. The molecule has 0 saturated heterocycles. The predicted molar refractivity (Wildman–Crippen MR) is 291 cm³/mol. The molecule has 0 bridgehead atoms. The maximum absolute atomic E-state index is 16.5. The molecule has 0 atom stereocenters. The molecule has 2 aromatic heterocycles. The molecular weight excluding hydrogens is 991 g/mol. The Hall–Kier alpha value is -10.7. The van der Waals surface area contributed by atoms with Crippen LogP contribution in [0.2, 0.25) is 0 Å². The van der Waals surface area contributed by atoms with Crippen molar-refractivity contribution in [2.24, 2.45) is 0 Å². The third-order valence-corrected chi connectivity index (χ3v) is 14.2. The van der Waals surface area contributed by atoms with Crippen LogP contribution < -0.4 is 0 Å². The first-order valence-electron chi connectivity index (χ1n) is 24.3. The Morgan fingerprint density at radius 2 is 0.615 bits per heavy atom. The molecule has 0 aliphatic carbocycles. The van der Waals surface area contributed by atoms with Gasteiger partial charge in [0.15, 0.2) is 0 Å². The number of alkyl halides is 6. The number of fused-ring (bicyclic) bond motifs is 6. The molecule has 78 heavy (non-hydrogen) atoms. The van der Waals surface area contributed by atoms with Gasteiger partial charge in [0, 0.05) is 27.1 Å². The van der Waals surface area contributed by atoms with E-state index in [9.17, 15) is 34.2 Å². The van der Waals surface area contributed by atoms with Crippen molar-refractivity contribution in [1.29, 1.82) is 21.0 Å². The summed E-state index contributed by atoms with van der Waals surface area (Å²) in [5.74, 6) is 0. The number of rotatable bonds is 7. The van der Waals surface area contributed by atoms with Crippen LogP contribution in [0.3, 0.4) is 0 Å². The molecule has 0 aliphatic heterocycles. The van der Waals surface area contributed by atoms with Gasteiger partial charge in [-0.25, -0.2) is 0 Å². The predicted octanol–water partition coefficient (Wildman–Crippen LogP) is 17.7. The first kappa shape index (κ1) is 48.3. The van der Waals surface area contributed by atoms with Crippen LogP contribution in [0.1, 0.15) is 33.4 Å². The summed E-state index contributed by atoms with van der Waals surface area (Å²) >= 11 is 0. The van der Waals surface area contributed by atoms with Crippen LogP contribution in [0.25, 0.3) is 111 Å². The summed E-state index contributed by atoms with van der Waals surface area (Å²) in [4.78, 5) is 0. The average molecular weight is 1030 g/mol. The van der Waals surface area contributed by atoms with Gasteiger partial charge in [-0.05, 0) is 171 Å². The van der Waals surface area contributed by atoms with Crippen LogP contribution in [-0.2, 0) is 12.4 Å². The van der Waals surface area contributed by atoms with Crippen LogP contribution in [-0.4, -0.2) is 9.13 Å². The molecule has 12 rings (SSSR count). The van der Waals surface area contributed by atoms with Gasteiger partial charge in [-0.2, -0.15) is 47.4 Å². The molecule has 0 spiro atoms. The van der Waals surface area contributed by atoms with Crippen molar-refractivity contribution < 1.29 is 26.3 Å². The Morgan fingerprint density at radius 1 is 0.295 bits per heavy atom. The maximum Gasteiger partial charge on any atom is 0.418 e. The van der Waals surface area contributed by atoms with Crippen LogP contribution >= 0.6 is 0 Å². The number of nitriles is 4. The lowest BCUT2D eigenvalue weighted by Gasteiger charge is -2.22. The molecule has 0 amide bonds. The highest BCUT2D eigenvalue weighted by Gasteiger charge is 2.37. The van der Waals surface area contributed by atoms with Gasteiger partial charge in [0.05, 0.1) is 91.1 Å². The second-order valence-electron chi connectivity index (χ2n) is 18.8. The van der Waals surface area contributed by atoms with Crippen LogP contribution in [0.15, 0.2) is 206 Å². The third-order valence-electron chi connectivity index (χ3n) is 14.2. The molecule has 370 valence electrons. The second kappa shape index (κ2) is 18.6. The zero-order chi connectivity index (χ0) is 54.0. The Kier molecular flexibility index (Phi) is 11.5. The van der Waals surface area contributed by atoms with E-state index in [1.807, 2.05) is 48.5 Å². The van der Waals surface area contributed by atoms with Gasteiger partial charge in [-0.1, -0.05) is 84.9 Å². The lowest BCUT2D eigenvalue weighted by atomic mass is 9.97. The molecule has 2 heterocycles. The molecule has 0 saturated carbocycles. The number of hydrogen-bond donors (Lipinski definition) is 0. The van der Waals surface area contributed by atoms with E-state index in [-0.39, 0.29) is 22.5 Å². The Morgan fingerprint density at radius 3 is 0.949 bits per heavy atom. The van der Waals surface area contributed by atoms with Crippen molar-refractivity contribution in [3.05, 3.63) is 240 Å². The second-order valence-corrected chi connectivity index (χ2v) is 18.8. The van der Waals surface area contributed by atoms with Crippen molar-refractivity contribution in [2.75, 3.05) is 0 Å². The van der Waals surface area contributed by atoms with Crippen LogP contribution in [0.4, 0.5) is 26.3 Å². The highest BCUT2D eigenvalue weighted by atomic mass is 19.4. The summed E-state index contributed by atoms with van der Waals surface area (Å²) in [5.41, 5.74) is 6.41. The molecule has 0 N–H and O–H groups in total. The van der Waals surface area contributed by atoms with Crippen LogP contribution in [0.5, 0.6) is 0 Å². The van der Waals surface area contributed by atoms with E-state index in [4.69, 9.17) is 0 Å². The fraction of sp³-hybridized carbons (Fsp3) is 0.0303. The van der Waals surface area contributed by atoms with E-state index in [2.05, 4.69) is 24.3 Å². The Balaban J connectivity index is 1.19. The molecule has 10 aromatic carbocycles. The summed E-state index contributed by atoms with van der Waals surface area (Å²) in [6.45, 7) is 0.